The fourth-order valence-corrected chi connectivity index (χ4v) is 17.7. The summed E-state index contributed by atoms with van der Waals surface area (Å²) in [5.41, 5.74) is 36.9. The van der Waals surface area contributed by atoms with Crippen LogP contribution in [0.5, 0.6) is 0 Å². The second-order valence-corrected chi connectivity index (χ2v) is 30.1. The first-order valence-corrected chi connectivity index (χ1v) is 37.4. The SMILES string of the molecule is Cc1cc(-c2ccc3c(c2)c2ccccc2n3-c2ccccc2)ccc1N(c1ccc(-c2ccccc2)cc1)c1ccc2c(c1)C(C)(C)c1cc(-c3ccc4c(c3)C(C)(C)c3cc(N(c5ccc(-c6ccccc6)cc5)c5ccc(-c6ccc7c(c6)c6ccccc6n7-c6ccccc6)cc5)ccc3-4)ccc1-2. The molecule has 2 aliphatic carbocycles. The highest BCUT2D eigenvalue weighted by atomic mass is 15.1. The number of hydrogen-bond acceptors (Lipinski definition) is 2. The Bertz CT molecular complexity index is 6520. The number of rotatable bonds is 13. The lowest BCUT2D eigenvalue weighted by molar-refractivity contribution is 0.659. The van der Waals surface area contributed by atoms with Gasteiger partial charge in [-0.2, -0.15) is 0 Å². The standard InChI is InChI=1S/C103H76N4/c1-67-60-73(75-44-59-101-92(62-75)90-31-19-21-33-99(90)107(101)79-28-16-9-17-29-79)42-57-97(67)105(82-49-36-71(37-50-82)69-24-12-7-13-25-69)84-52-56-88-86-54-41-77(64-94(86)103(4,5)96(88)66-84)76-40-53-85-87-55-51-83(65-95(87)102(2,3)93(85)63-76)104(80-45-34-70(35-46-80)68-22-10-6-11-23-68)81-47-38-72(39-48-81)74-43-58-100-91(61-74)89-30-18-20-32-98(89)106(100)78-26-14-8-15-27-78/h6-66H,1-5H3. The number of aryl methyl sites for hydroxylation is 1. The maximum absolute atomic E-state index is 2.48. The Balaban J connectivity index is 0.618. The Kier molecular flexibility index (Phi) is 14.8. The van der Waals surface area contributed by atoms with Crippen LogP contribution in [0, 0.1) is 6.92 Å². The number of anilines is 6. The second-order valence-electron chi connectivity index (χ2n) is 30.1. The summed E-state index contributed by atoms with van der Waals surface area (Å²) in [6.07, 6.45) is 0. The number of benzene rings is 16. The van der Waals surface area contributed by atoms with E-state index in [0.29, 0.717) is 0 Å². The first-order valence-electron chi connectivity index (χ1n) is 37.4. The molecule has 107 heavy (non-hydrogen) atoms. The van der Waals surface area contributed by atoms with Gasteiger partial charge in [-0.15, -0.1) is 0 Å². The molecule has 0 saturated carbocycles. The average molecular weight is 1370 g/mol. The summed E-state index contributed by atoms with van der Waals surface area (Å²) in [6.45, 7) is 11.9. The molecule has 4 nitrogen and oxygen atoms in total. The van der Waals surface area contributed by atoms with Gasteiger partial charge in [-0.1, -0.05) is 252 Å². The van der Waals surface area contributed by atoms with E-state index in [0.717, 1.165) is 45.5 Å². The molecule has 0 unspecified atom stereocenters. The monoisotopic (exact) mass is 1370 g/mol. The molecule has 2 aliphatic rings. The van der Waals surface area contributed by atoms with Crippen LogP contribution in [-0.2, 0) is 10.8 Å². The fourth-order valence-electron chi connectivity index (χ4n) is 17.7. The van der Waals surface area contributed by atoms with E-state index in [1.54, 1.807) is 0 Å². The molecule has 4 heteroatoms. The van der Waals surface area contributed by atoms with Crippen molar-refractivity contribution in [3.63, 3.8) is 0 Å². The van der Waals surface area contributed by atoms with Gasteiger partial charge in [0, 0.05) is 77.9 Å². The molecular formula is C103H76N4. The molecule has 0 spiro atoms. The van der Waals surface area contributed by atoms with Gasteiger partial charge < -0.3 is 18.9 Å². The summed E-state index contributed by atoms with van der Waals surface area (Å²) in [4.78, 5) is 4.90. The van der Waals surface area contributed by atoms with E-state index >= 15 is 0 Å². The summed E-state index contributed by atoms with van der Waals surface area (Å²) in [6, 6.07) is 137. The Morgan fingerprint density at radius 2 is 0.505 bits per heavy atom. The van der Waals surface area contributed by atoms with Crippen molar-refractivity contribution >= 4 is 77.7 Å². The summed E-state index contributed by atoms with van der Waals surface area (Å²) >= 11 is 0. The van der Waals surface area contributed by atoms with E-state index in [1.807, 2.05) is 0 Å². The van der Waals surface area contributed by atoms with Crippen molar-refractivity contribution in [1.82, 2.24) is 9.13 Å². The summed E-state index contributed by atoms with van der Waals surface area (Å²) in [5.74, 6) is 0. The van der Waals surface area contributed by atoms with Crippen LogP contribution in [0.25, 0.3) is 133 Å². The first-order chi connectivity index (χ1) is 52.5. The van der Waals surface area contributed by atoms with E-state index in [-0.39, 0.29) is 10.8 Å². The van der Waals surface area contributed by atoms with E-state index in [4.69, 9.17) is 0 Å². The maximum atomic E-state index is 2.48. The largest absolute Gasteiger partial charge is 0.310 e. The Morgan fingerprint density at radius 3 is 0.944 bits per heavy atom. The highest BCUT2D eigenvalue weighted by molar-refractivity contribution is 6.12. The van der Waals surface area contributed by atoms with Crippen LogP contribution in [0.1, 0.15) is 55.5 Å². The number of aromatic nitrogens is 2. The van der Waals surface area contributed by atoms with Gasteiger partial charge in [0.1, 0.15) is 0 Å². The third-order valence-electron chi connectivity index (χ3n) is 23.2. The number of hydrogen-bond donors (Lipinski definition) is 0. The van der Waals surface area contributed by atoms with E-state index < -0.39 is 0 Å². The summed E-state index contributed by atoms with van der Waals surface area (Å²) in [7, 11) is 0. The molecule has 16 aromatic carbocycles. The zero-order chi connectivity index (χ0) is 71.7. The molecule has 18 aromatic rings. The topological polar surface area (TPSA) is 16.3 Å². The molecule has 0 radical (unpaired) electrons. The average Bonchev–Trinajstić information content (AvgIpc) is 1.59. The highest BCUT2D eigenvalue weighted by Gasteiger charge is 2.39. The zero-order valence-electron chi connectivity index (χ0n) is 60.5. The van der Waals surface area contributed by atoms with Gasteiger partial charge in [0.05, 0.1) is 22.1 Å². The van der Waals surface area contributed by atoms with Gasteiger partial charge >= 0.3 is 0 Å². The molecule has 20 rings (SSSR count). The molecule has 0 N–H and O–H groups in total. The number of nitrogens with zero attached hydrogens (tertiary/aromatic N) is 4. The predicted octanol–water partition coefficient (Wildman–Crippen LogP) is 28.1. The van der Waals surface area contributed by atoms with Gasteiger partial charge in [-0.3, -0.25) is 0 Å². The third-order valence-corrected chi connectivity index (χ3v) is 23.2. The molecule has 0 saturated heterocycles. The van der Waals surface area contributed by atoms with E-state index in [9.17, 15) is 0 Å². The molecule has 0 amide bonds. The highest BCUT2D eigenvalue weighted by Crippen LogP contribution is 2.55. The van der Waals surface area contributed by atoms with Crippen LogP contribution >= 0.6 is 0 Å². The summed E-state index contributed by atoms with van der Waals surface area (Å²) < 4.78 is 4.77. The molecule has 0 atom stereocenters. The van der Waals surface area contributed by atoms with Crippen LogP contribution in [0.2, 0.25) is 0 Å². The van der Waals surface area contributed by atoms with Crippen molar-refractivity contribution < 1.29 is 0 Å². The van der Waals surface area contributed by atoms with Gasteiger partial charge in [0.2, 0.25) is 0 Å². The van der Waals surface area contributed by atoms with Crippen molar-refractivity contribution in [2.45, 2.75) is 45.4 Å². The molecule has 0 bridgehead atoms. The van der Waals surface area contributed by atoms with E-state index in [2.05, 4.69) is 424 Å². The molecular weight excluding hydrogens is 1290 g/mol. The van der Waals surface area contributed by atoms with Crippen molar-refractivity contribution in [2.75, 3.05) is 9.80 Å². The van der Waals surface area contributed by atoms with Gasteiger partial charge in [-0.25, -0.2) is 0 Å². The minimum Gasteiger partial charge on any atom is -0.310 e. The van der Waals surface area contributed by atoms with Crippen molar-refractivity contribution in [3.05, 3.63) is 398 Å². The quantitative estimate of drug-likeness (QED) is 0.114. The minimum absolute atomic E-state index is 0.291. The van der Waals surface area contributed by atoms with Gasteiger partial charge in [0.25, 0.3) is 0 Å². The lowest BCUT2D eigenvalue weighted by Crippen LogP contribution is -2.17. The smallest absolute Gasteiger partial charge is 0.0541 e. The Labute approximate surface area is 625 Å². The lowest BCUT2D eigenvalue weighted by atomic mass is 9.80. The van der Waals surface area contributed by atoms with Crippen LogP contribution in [-0.4, -0.2) is 9.13 Å². The second kappa shape index (κ2) is 25.0. The predicted molar refractivity (Wildman–Crippen MR) is 452 cm³/mol. The lowest BCUT2D eigenvalue weighted by Gasteiger charge is -2.29. The normalized spacial score (nSPS) is 13.1. The van der Waals surface area contributed by atoms with Crippen molar-refractivity contribution in [3.8, 4) is 89.3 Å². The summed E-state index contributed by atoms with van der Waals surface area (Å²) in [5, 5.41) is 4.98. The van der Waals surface area contributed by atoms with Crippen LogP contribution in [0.15, 0.2) is 370 Å². The molecule has 2 aromatic heterocycles. The van der Waals surface area contributed by atoms with Gasteiger partial charge in [0.15, 0.2) is 0 Å². The van der Waals surface area contributed by atoms with Crippen molar-refractivity contribution in [1.29, 1.82) is 0 Å². The van der Waals surface area contributed by atoms with Crippen LogP contribution in [0.4, 0.5) is 34.1 Å². The minimum atomic E-state index is -0.294. The molecule has 2 heterocycles. The first kappa shape index (κ1) is 63.4. The van der Waals surface area contributed by atoms with Crippen LogP contribution < -0.4 is 9.80 Å². The zero-order valence-corrected chi connectivity index (χ0v) is 60.5. The number of para-hydroxylation sites is 4. The Morgan fingerprint density at radius 1 is 0.215 bits per heavy atom. The van der Waals surface area contributed by atoms with Gasteiger partial charge in [-0.05, 0) is 258 Å². The fraction of sp³-hybridized carbons (Fsp3) is 0.0680. The number of fused-ring (bicyclic) bond motifs is 12. The van der Waals surface area contributed by atoms with E-state index in [1.165, 1.54) is 149 Å². The molecule has 0 fully saturated rings. The Hall–Kier alpha value is -13.3. The molecule has 508 valence electrons. The molecule has 0 aliphatic heterocycles. The van der Waals surface area contributed by atoms with Crippen molar-refractivity contribution in [2.24, 2.45) is 0 Å². The maximum Gasteiger partial charge on any atom is 0.0541 e. The third kappa shape index (κ3) is 10.5. The van der Waals surface area contributed by atoms with Crippen LogP contribution in [0.3, 0.4) is 0 Å².